The van der Waals surface area contributed by atoms with Gasteiger partial charge in [-0.2, -0.15) is 10.5 Å². The van der Waals surface area contributed by atoms with E-state index in [0.29, 0.717) is 0 Å². The van der Waals surface area contributed by atoms with Crippen molar-refractivity contribution in [3.63, 3.8) is 0 Å². The topological polar surface area (TPSA) is 77.4 Å². The normalized spacial score (nSPS) is 11.7. The van der Waals surface area contributed by atoms with Gasteiger partial charge >= 0.3 is 0 Å². The molecule has 1 heterocycles. The van der Waals surface area contributed by atoms with Crippen molar-refractivity contribution < 1.29 is 0 Å². The van der Waals surface area contributed by atoms with Crippen LogP contribution in [0.1, 0.15) is 36.8 Å². The molecule has 0 aliphatic heterocycles. The largest absolute Gasteiger partial charge is 0.310 e. The second kappa shape index (κ2) is 6.53. The number of hydrogen-bond donors (Lipinski definition) is 1. The van der Waals surface area contributed by atoms with Crippen LogP contribution in [0.5, 0.6) is 0 Å². The Hall–Kier alpha value is -2.15. The summed E-state index contributed by atoms with van der Waals surface area (Å²) in [5, 5.41) is 21.5. The van der Waals surface area contributed by atoms with E-state index in [1.54, 1.807) is 4.57 Å². The van der Waals surface area contributed by atoms with Crippen LogP contribution in [0.15, 0.2) is 29.0 Å². The molecule has 0 aliphatic carbocycles. The van der Waals surface area contributed by atoms with Gasteiger partial charge in [0.2, 0.25) is 0 Å². The summed E-state index contributed by atoms with van der Waals surface area (Å²) in [4.78, 5) is 3.95. The molecule has 0 fully saturated rings. The lowest BCUT2D eigenvalue weighted by molar-refractivity contribution is 0.596. The number of benzene rings is 1. The molecule has 1 unspecified atom stereocenters. The van der Waals surface area contributed by atoms with Crippen LogP contribution in [-0.4, -0.2) is 16.1 Å². The summed E-state index contributed by atoms with van der Waals surface area (Å²) < 4.78 is 2.56. The van der Waals surface area contributed by atoms with Crippen molar-refractivity contribution in [2.45, 2.75) is 19.9 Å². The lowest BCUT2D eigenvalue weighted by Gasteiger charge is -2.16. The molecule has 1 N–H and O–H groups in total. The summed E-state index contributed by atoms with van der Waals surface area (Å²) in [5.41, 5.74) is 2.32. The quantitative estimate of drug-likeness (QED) is 0.925. The summed E-state index contributed by atoms with van der Waals surface area (Å²) in [6, 6.07) is 10.0. The van der Waals surface area contributed by atoms with Crippen LogP contribution in [0.3, 0.4) is 0 Å². The third-order valence-corrected chi connectivity index (χ3v) is 3.91. The van der Waals surface area contributed by atoms with Crippen LogP contribution in [0, 0.1) is 22.7 Å². The first-order valence-electron chi connectivity index (χ1n) is 6.53. The zero-order chi connectivity index (χ0) is 15.4. The molecule has 0 saturated heterocycles. The Kier molecular flexibility index (Phi) is 4.74. The maximum atomic E-state index is 9.18. The van der Waals surface area contributed by atoms with E-state index in [1.807, 2.05) is 30.3 Å². The molecule has 1 aromatic carbocycles. The monoisotopic (exact) mass is 343 g/mol. The number of nitriles is 2. The second-order valence-electron chi connectivity index (χ2n) is 4.52. The maximum absolute atomic E-state index is 9.18. The number of rotatable bonds is 4. The lowest BCUT2D eigenvalue weighted by atomic mass is 10.1. The predicted octanol–water partition coefficient (Wildman–Crippen LogP) is 3.05. The van der Waals surface area contributed by atoms with Crippen molar-refractivity contribution in [2.75, 3.05) is 6.54 Å². The number of nitrogens with one attached hydrogen (secondary N) is 1. The van der Waals surface area contributed by atoms with Crippen LogP contribution >= 0.6 is 15.9 Å². The molecule has 2 rings (SSSR count). The molecule has 1 atom stereocenters. The van der Waals surface area contributed by atoms with Gasteiger partial charge < -0.3 is 5.32 Å². The Labute approximate surface area is 132 Å². The maximum Gasteiger partial charge on any atom is 0.177 e. The van der Waals surface area contributed by atoms with Crippen molar-refractivity contribution >= 4 is 15.9 Å². The first-order valence-corrected chi connectivity index (χ1v) is 7.32. The number of nitrogens with zero attached hydrogens (tertiary/aromatic N) is 4. The molecule has 0 bridgehead atoms. The molecule has 5 nitrogen and oxygen atoms in total. The van der Waals surface area contributed by atoms with Gasteiger partial charge in [-0.3, -0.25) is 4.57 Å². The van der Waals surface area contributed by atoms with Gasteiger partial charge in [-0.05, 0) is 31.2 Å². The molecule has 1 aromatic heterocycles. The standard InChI is InChI=1S/C15H14BrN5/c1-3-19-10(2)12-5-4-11(6-13(12)16)21-9-20-14(7-17)15(21)8-18/h4-6,9-10,19H,3H2,1-2H3. The van der Waals surface area contributed by atoms with Crippen molar-refractivity contribution in [1.29, 1.82) is 10.5 Å². The van der Waals surface area contributed by atoms with E-state index in [4.69, 9.17) is 5.26 Å². The fourth-order valence-corrected chi connectivity index (χ4v) is 2.88. The van der Waals surface area contributed by atoms with Gasteiger partial charge in [-0.25, -0.2) is 4.98 Å². The molecule has 0 amide bonds. The van der Waals surface area contributed by atoms with Crippen LogP contribution in [0.4, 0.5) is 0 Å². The number of imidazole rings is 1. The van der Waals surface area contributed by atoms with E-state index in [9.17, 15) is 5.26 Å². The first kappa shape index (κ1) is 15.2. The minimum Gasteiger partial charge on any atom is -0.310 e. The zero-order valence-electron chi connectivity index (χ0n) is 11.8. The predicted molar refractivity (Wildman–Crippen MR) is 82.8 cm³/mol. The van der Waals surface area contributed by atoms with Gasteiger partial charge in [0, 0.05) is 16.2 Å². The van der Waals surface area contributed by atoms with Gasteiger partial charge in [0.15, 0.2) is 11.4 Å². The van der Waals surface area contributed by atoms with Crippen LogP contribution in [0.2, 0.25) is 0 Å². The minimum absolute atomic E-state index is 0.138. The molecule has 21 heavy (non-hydrogen) atoms. The molecule has 0 saturated carbocycles. The van der Waals surface area contributed by atoms with E-state index in [-0.39, 0.29) is 17.4 Å². The van der Waals surface area contributed by atoms with Crippen LogP contribution < -0.4 is 5.32 Å². The molecule has 2 aromatic rings. The van der Waals surface area contributed by atoms with Crippen molar-refractivity contribution in [3.8, 4) is 17.8 Å². The van der Waals surface area contributed by atoms with E-state index >= 15 is 0 Å². The fraction of sp³-hybridized carbons (Fsp3) is 0.267. The number of hydrogen-bond acceptors (Lipinski definition) is 4. The molecular weight excluding hydrogens is 330 g/mol. The van der Waals surface area contributed by atoms with E-state index in [2.05, 4.69) is 40.1 Å². The van der Waals surface area contributed by atoms with E-state index in [0.717, 1.165) is 22.3 Å². The van der Waals surface area contributed by atoms with Crippen molar-refractivity contribution in [1.82, 2.24) is 14.9 Å². The first-order chi connectivity index (χ1) is 10.1. The summed E-state index contributed by atoms with van der Waals surface area (Å²) in [6.45, 7) is 5.04. The molecule has 0 aliphatic rings. The third kappa shape index (κ3) is 2.97. The Bertz CT molecular complexity index is 735. The van der Waals surface area contributed by atoms with Gasteiger partial charge in [0.05, 0.1) is 0 Å². The average molecular weight is 344 g/mol. The highest BCUT2D eigenvalue weighted by atomic mass is 79.9. The summed E-state index contributed by atoms with van der Waals surface area (Å²) in [5.74, 6) is 0. The minimum atomic E-state index is 0.138. The molecule has 6 heteroatoms. The Morgan fingerprint density at radius 3 is 2.71 bits per heavy atom. The lowest BCUT2D eigenvalue weighted by Crippen LogP contribution is -2.18. The SMILES string of the molecule is CCNC(C)c1ccc(-n2cnc(C#N)c2C#N)cc1Br. The van der Waals surface area contributed by atoms with Gasteiger partial charge in [0.25, 0.3) is 0 Å². The number of aromatic nitrogens is 2. The van der Waals surface area contributed by atoms with Crippen LogP contribution in [-0.2, 0) is 0 Å². The van der Waals surface area contributed by atoms with Gasteiger partial charge in [-0.15, -0.1) is 0 Å². The van der Waals surface area contributed by atoms with Crippen LogP contribution in [0.25, 0.3) is 5.69 Å². The van der Waals surface area contributed by atoms with Gasteiger partial charge in [0.1, 0.15) is 18.5 Å². The third-order valence-electron chi connectivity index (χ3n) is 3.22. The molecule has 0 radical (unpaired) electrons. The van der Waals surface area contributed by atoms with E-state index < -0.39 is 0 Å². The smallest absolute Gasteiger partial charge is 0.177 e. The second-order valence-corrected chi connectivity index (χ2v) is 5.37. The van der Waals surface area contributed by atoms with Crippen molar-refractivity contribution in [3.05, 3.63) is 46.0 Å². The summed E-state index contributed by atoms with van der Waals surface area (Å²) in [7, 11) is 0. The molecule has 0 spiro atoms. The zero-order valence-corrected chi connectivity index (χ0v) is 13.3. The molecular formula is C15H14BrN5. The number of halogens is 1. The highest BCUT2D eigenvalue weighted by Crippen LogP contribution is 2.27. The fourth-order valence-electron chi connectivity index (χ4n) is 2.17. The van der Waals surface area contributed by atoms with Crippen molar-refractivity contribution in [2.24, 2.45) is 0 Å². The molecule has 106 valence electrons. The Balaban J connectivity index is 2.44. The summed E-state index contributed by atoms with van der Waals surface area (Å²) >= 11 is 3.56. The Morgan fingerprint density at radius 1 is 1.38 bits per heavy atom. The highest BCUT2D eigenvalue weighted by molar-refractivity contribution is 9.10. The highest BCUT2D eigenvalue weighted by Gasteiger charge is 2.14. The van der Waals surface area contributed by atoms with E-state index in [1.165, 1.54) is 6.33 Å². The van der Waals surface area contributed by atoms with Gasteiger partial charge in [-0.1, -0.05) is 28.9 Å². The summed E-state index contributed by atoms with van der Waals surface area (Å²) in [6.07, 6.45) is 1.49. The average Bonchev–Trinajstić information content (AvgIpc) is 2.90. The Morgan fingerprint density at radius 2 is 2.14 bits per heavy atom.